The van der Waals surface area contributed by atoms with Crippen molar-refractivity contribution < 1.29 is 33.8 Å². The van der Waals surface area contributed by atoms with Crippen LogP contribution in [-0.4, -0.2) is 87.2 Å². The van der Waals surface area contributed by atoms with Gasteiger partial charge in [-0.1, -0.05) is 67.2 Å². The first-order valence-corrected chi connectivity index (χ1v) is 18.8. The zero-order valence-electron chi connectivity index (χ0n) is 31.0. The molecule has 6 atom stereocenters. The number of nitrogens with zero attached hydrogens (tertiary/aromatic N) is 3. The van der Waals surface area contributed by atoms with Crippen molar-refractivity contribution in [2.75, 3.05) is 19.7 Å². The van der Waals surface area contributed by atoms with E-state index in [0.717, 1.165) is 32.1 Å². The fourth-order valence-electron chi connectivity index (χ4n) is 6.14. The molecule has 1 aliphatic rings. The molecule has 1 aromatic rings. The van der Waals surface area contributed by atoms with E-state index in [2.05, 4.69) is 38.0 Å². The number of ether oxygens (including phenoxy) is 2. The predicted octanol–water partition coefficient (Wildman–Crippen LogP) is 7.31. The maximum Gasteiger partial charge on any atom is 0.410 e. The Labute approximate surface area is 292 Å². The lowest BCUT2D eigenvalue weighted by molar-refractivity contribution is -0.143. The second kappa shape index (κ2) is 19.5. The zero-order chi connectivity index (χ0) is 36.2. The van der Waals surface area contributed by atoms with Gasteiger partial charge in [0, 0.05) is 37.5 Å². The number of carbonyl (C=O) groups excluding carboxylic acids is 3. The number of aromatic nitrogens is 1. The van der Waals surface area contributed by atoms with Crippen LogP contribution in [0.4, 0.5) is 4.79 Å². The maximum atomic E-state index is 14.8. The second-order valence-corrected chi connectivity index (χ2v) is 15.5. The van der Waals surface area contributed by atoms with Crippen molar-refractivity contribution in [1.82, 2.24) is 20.1 Å². The summed E-state index contributed by atoms with van der Waals surface area (Å²) in [4.78, 5) is 61.4. The molecule has 1 aliphatic heterocycles. The average molecular weight is 695 g/mol. The topological polar surface area (TPSA) is 138 Å². The summed E-state index contributed by atoms with van der Waals surface area (Å²) in [6.45, 7) is 21.0. The minimum absolute atomic E-state index is 0.0229. The molecular weight excluding hydrogens is 632 g/mol. The Kier molecular flexibility index (Phi) is 16.8. The van der Waals surface area contributed by atoms with E-state index in [1.165, 1.54) is 21.6 Å². The monoisotopic (exact) mass is 694 g/mol. The molecule has 48 heavy (non-hydrogen) atoms. The molecule has 0 spiro atoms. The van der Waals surface area contributed by atoms with E-state index in [9.17, 15) is 24.3 Å². The Morgan fingerprint density at radius 1 is 1.12 bits per heavy atom. The number of hydrogen-bond acceptors (Lipinski definition) is 8. The van der Waals surface area contributed by atoms with E-state index in [1.807, 2.05) is 25.7 Å². The number of hydrogen-bond donors (Lipinski definition) is 2. The summed E-state index contributed by atoms with van der Waals surface area (Å²) in [6.07, 6.45) is 5.25. The lowest BCUT2D eigenvalue weighted by atomic mass is 9.90. The molecule has 1 fully saturated rings. The predicted molar refractivity (Wildman–Crippen MR) is 189 cm³/mol. The summed E-state index contributed by atoms with van der Waals surface area (Å²) in [5.41, 5.74) is -0.724. The minimum Gasteiger partial charge on any atom is -0.476 e. The van der Waals surface area contributed by atoms with Crippen molar-refractivity contribution in [3.05, 3.63) is 16.1 Å². The zero-order valence-corrected chi connectivity index (χ0v) is 31.9. The van der Waals surface area contributed by atoms with Gasteiger partial charge in [0.2, 0.25) is 11.8 Å². The SMILES string of the molecule is CCCCCCN(C(=O)[C@@H](NC(=O)[C@H]1C[C@H](C)CCN1C(=O)OC(C)(C)C)[C@@H](C)CC)[C@H](C[C@@H](OCC)c1nc(C(=O)O)cs1)C(C)C. The van der Waals surface area contributed by atoms with Gasteiger partial charge in [-0.3, -0.25) is 14.5 Å². The van der Waals surface area contributed by atoms with Crippen molar-refractivity contribution in [3.63, 3.8) is 0 Å². The van der Waals surface area contributed by atoms with Gasteiger partial charge in [-0.15, -0.1) is 11.3 Å². The van der Waals surface area contributed by atoms with Crippen LogP contribution in [0.5, 0.6) is 0 Å². The van der Waals surface area contributed by atoms with E-state index < -0.39 is 35.9 Å². The number of unbranched alkanes of at least 4 members (excludes halogenated alkanes) is 3. The average Bonchev–Trinajstić information content (AvgIpc) is 3.51. The molecule has 1 aromatic heterocycles. The third kappa shape index (κ3) is 12.3. The number of carboxylic acids is 1. The molecule has 12 heteroatoms. The van der Waals surface area contributed by atoms with E-state index >= 15 is 0 Å². The van der Waals surface area contributed by atoms with E-state index in [-0.39, 0.29) is 41.3 Å². The molecule has 0 aromatic carbocycles. The van der Waals surface area contributed by atoms with Crippen LogP contribution in [0.1, 0.15) is 142 Å². The smallest absolute Gasteiger partial charge is 0.410 e. The molecule has 3 amide bonds. The summed E-state index contributed by atoms with van der Waals surface area (Å²) in [5, 5.41) is 14.7. The highest BCUT2D eigenvalue weighted by molar-refractivity contribution is 7.09. The van der Waals surface area contributed by atoms with Gasteiger partial charge in [-0.25, -0.2) is 14.6 Å². The number of piperidine rings is 1. The summed E-state index contributed by atoms with van der Waals surface area (Å²) in [7, 11) is 0. The van der Waals surface area contributed by atoms with Gasteiger partial charge < -0.3 is 24.8 Å². The number of rotatable bonds is 18. The molecule has 0 bridgehead atoms. The Hall–Kier alpha value is -2.73. The first-order chi connectivity index (χ1) is 22.5. The molecule has 0 aliphatic carbocycles. The Morgan fingerprint density at radius 2 is 1.81 bits per heavy atom. The molecule has 0 saturated carbocycles. The summed E-state index contributed by atoms with van der Waals surface area (Å²) >= 11 is 1.25. The Morgan fingerprint density at radius 3 is 2.35 bits per heavy atom. The highest BCUT2D eigenvalue weighted by Gasteiger charge is 2.41. The first-order valence-electron chi connectivity index (χ1n) is 17.9. The third-order valence-corrected chi connectivity index (χ3v) is 10.1. The van der Waals surface area contributed by atoms with Crippen molar-refractivity contribution in [2.24, 2.45) is 17.8 Å². The van der Waals surface area contributed by atoms with Crippen LogP contribution < -0.4 is 5.32 Å². The standard InChI is InChI=1S/C36H62N4O7S/c1-11-14-15-16-18-39(27(23(4)5)21-29(46-13-3)32-37-26(22-48-32)34(43)44)33(42)30(25(7)12-2)38-31(41)28-20-24(6)17-19-40(28)35(45)47-36(8,9)10/h22-25,27-30H,11-21H2,1-10H3,(H,38,41)(H,43,44)/t24-,25+,27-,28-,29-,30+/m1/s1. The lowest BCUT2D eigenvalue weighted by Crippen LogP contribution is -2.60. The van der Waals surface area contributed by atoms with E-state index in [4.69, 9.17) is 9.47 Å². The number of carboxylic acid groups (broad SMARTS) is 1. The number of nitrogens with one attached hydrogen (secondary N) is 1. The van der Waals surface area contributed by atoms with Crippen LogP contribution in [0.2, 0.25) is 0 Å². The number of amides is 3. The van der Waals surface area contributed by atoms with Gasteiger partial charge in [0.1, 0.15) is 28.8 Å². The van der Waals surface area contributed by atoms with Crippen LogP contribution in [0.15, 0.2) is 5.38 Å². The fraction of sp³-hybridized carbons (Fsp3) is 0.806. The van der Waals surface area contributed by atoms with Crippen LogP contribution in [-0.2, 0) is 19.1 Å². The lowest BCUT2D eigenvalue weighted by Gasteiger charge is -2.41. The number of thiazole rings is 1. The molecule has 2 N–H and O–H groups in total. The Balaban J connectivity index is 2.47. The molecule has 2 rings (SSSR count). The van der Waals surface area contributed by atoms with Gasteiger partial charge in [0.05, 0.1) is 0 Å². The molecule has 1 saturated heterocycles. The minimum atomic E-state index is -1.09. The van der Waals surface area contributed by atoms with Gasteiger partial charge in [0.25, 0.3) is 0 Å². The molecular formula is C36H62N4O7S. The maximum absolute atomic E-state index is 14.8. The van der Waals surface area contributed by atoms with Gasteiger partial charge in [-0.2, -0.15) is 0 Å². The van der Waals surface area contributed by atoms with Gasteiger partial charge in [-0.05, 0) is 64.7 Å². The van der Waals surface area contributed by atoms with Crippen molar-refractivity contribution >= 4 is 35.2 Å². The third-order valence-electron chi connectivity index (χ3n) is 9.12. The highest BCUT2D eigenvalue weighted by atomic mass is 32.1. The molecule has 0 radical (unpaired) electrons. The van der Waals surface area contributed by atoms with Crippen molar-refractivity contribution in [1.29, 1.82) is 0 Å². The highest BCUT2D eigenvalue weighted by Crippen LogP contribution is 2.32. The quantitative estimate of drug-likeness (QED) is 0.153. The van der Waals surface area contributed by atoms with Crippen molar-refractivity contribution in [2.45, 2.75) is 150 Å². The summed E-state index contributed by atoms with van der Waals surface area (Å²) in [6, 6.07) is -1.79. The van der Waals surface area contributed by atoms with Crippen molar-refractivity contribution in [3.8, 4) is 0 Å². The largest absolute Gasteiger partial charge is 0.476 e. The summed E-state index contributed by atoms with van der Waals surface area (Å²) < 4.78 is 11.8. The van der Waals surface area contributed by atoms with E-state index in [0.29, 0.717) is 44.0 Å². The normalized spacial score (nSPS) is 19.4. The molecule has 0 unspecified atom stereocenters. The van der Waals surface area contributed by atoms with Crippen LogP contribution in [0, 0.1) is 17.8 Å². The van der Waals surface area contributed by atoms with Crippen LogP contribution in [0.3, 0.4) is 0 Å². The number of aromatic carboxylic acids is 1. The Bertz CT molecular complexity index is 1180. The molecule has 11 nitrogen and oxygen atoms in total. The summed E-state index contributed by atoms with van der Waals surface area (Å²) in [5.74, 6) is -1.47. The van der Waals surface area contributed by atoms with Gasteiger partial charge >= 0.3 is 12.1 Å². The second-order valence-electron chi connectivity index (χ2n) is 14.7. The molecule has 274 valence electrons. The van der Waals surface area contributed by atoms with E-state index in [1.54, 1.807) is 20.8 Å². The fourth-order valence-corrected chi connectivity index (χ4v) is 7.00. The molecule has 2 heterocycles. The number of likely N-dealkylation sites (tertiary alicyclic amines) is 1. The van der Waals surface area contributed by atoms with Crippen LogP contribution in [0.25, 0.3) is 0 Å². The van der Waals surface area contributed by atoms with Gasteiger partial charge in [0.15, 0.2) is 5.69 Å². The first kappa shape index (κ1) is 41.4. The van der Waals surface area contributed by atoms with Crippen LogP contribution >= 0.6 is 11.3 Å². The number of carbonyl (C=O) groups is 4.